The Kier molecular flexibility index (Phi) is 8.86. The van der Waals surface area contributed by atoms with Gasteiger partial charge in [-0.1, -0.05) is 31.5 Å². The molecule has 3 N–H and O–H groups in total. The van der Waals surface area contributed by atoms with Gasteiger partial charge in [0.25, 0.3) is 5.56 Å². The molecular weight excluding hydrogens is 521 g/mol. The number of para-hydroxylation sites is 1. The van der Waals surface area contributed by atoms with E-state index in [1.54, 1.807) is 30.3 Å². The molecule has 6 atom stereocenters. The fourth-order valence-electron chi connectivity index (χ4n) is 4.26. The topological polar surface area (TPSA) is 167 Å². The van der Waals surface area contributed by atoms with Crippen molar-refractivity contribution in [2.45, 2.75) is 63.2 Å². The molecule has 0 saturated carbocycles. The van der Waals surface area contributed by atoms with Crippen molar-refractivity contribution in [1.82, 2.24) is 14.6 Å². The zero-order valence-corrected chi connectivity index (χ0v) is 22.0. The number of aliphatic hydroxyl groups excluding tert-OH is 1. The fourth-order valence-corrected chi connectivity index (χ4v) is 5.76. The molecule has 4 rings (SSSR count). The Labute approximate surface area is 218 Å². The largest absolute Gasteiger partial charge is 0.465 e. The van der Waals surface area contributed by atoms with Crippen LogP contribution >= 0.6 is 7.75 Å². The van der Waals surface area contributed by atoms with Crippen molar-refractivity contribution in [3.05, 3.63) is 63.4 Å². The summed E-state index contributed by atoms with van der Waals surface area (Å²) in [6.07, 6.45) is -0.673. The van der Waals surface area contributed by atoms with E-state index in [1.165, 1.54) is 13.1 Å². The Morgan fingerprint density at radius 2 is 2.05 bits per heavy atom. The number of rotatable bonds is 12. The number of benzene rings is 1. The van der Waals surface area contributed by atoms with Crippen molar-refractivity contribution in [2.75, 3.05) is 19.8 Å². The standard InChI is InChI=1S/C24H32N3O10P/c1-3-4-13-33-21(30)16(2)26-38(32,37-17-8-6-5-7-9-17)35-15-18-20(29)24(11-14-34-24)22(36-18)27-19(28)10-12-25-23(27)31/h5-10,12,16,18,20,22,29H,3-4,11,13-15H2,1-2H3,(H,25,31)(H,26,32)/t16-,18+,20+,22+,24+,38+/m0/s1. The van der Waals surface area contributed by atoms with Crippen molar-refractivity contribution >= 4 is 13.7 Å². The van der Waals surface area contributed by atoms with Gasteiger partial charge in [-0.25, -0.2) is 13.9 Å². The van der Waals surface area contributed by atoms with Crippen molar-refractivity contribution in [2.24, 2.45) is 0 Å². The first kappa shape index (κ1) is 28.2. The molecule has 0 amide bonds. The molecular formula is C24H32N3O10P. The van der Waals surface area contributed by atoms with Gasteiger partial charge in [0, 0.05) is 18.7 Å². The molecule has 0 aliphatic carbocycles. The first-order chi connectivity index (χ1) is 18.2. The lowest BCUT2D eigenvalue weighted by Crippen LogP contribution is -2.59. The molecule has 1 spiro atoms. The molecule has 13 nitrogen and oxygen atoms in total. The number of nitrogens with one attached hydrogen (secondary N) is 2. The number of esters is 1. The minimum atomic E-state index is -4.23. The Bertz CT molecular complexity index is 1230. The summed E-state index contributed by atoms with van der Waals surface area (Å²) in [7, 11) is -4.23. The van der Waals surface area contributed by atoms with Crippen molar-refractivity contribution in [3.8, 4) is 5.75 Å². The van der Waals surface area contributed by atoms with E-state index < -0.39 is 61.7 Å². The Morgan fingerprint density at radius 3 is 2.68 bits per heavy atom. The van der Waals surface area contributed by atoms with E-state index in [1.807, 2.05) is 6.92 Å². The summed E-state index contributed by atoms with van der Waals surface area (Å²) >= 11 is 0. The normalized spacial score (nSPS) is 26.9. The lowest BCUT2D eigenvalue weighted by Gasteiger charge is -2.43. The summed E-state index contributed by atoms with van der Waals surface area (Å²) in [6.45, 7) is 3.45. The number of carbonyl (C=O) groups is 1. The maximum atomic E-state index is 13.8. The Morgan fingerprint density at radius 1 is 1.32 bits per heavy atom. The number of aliphatic hydroxyl groups is 1. The highest BCUT2D eigenvalue weighted by atomic mass is 31.2. The summed E-state index contributed by atoms with van der Waals surface area (Å²) in [5.74, 6) is -0.428. The highest BCUT2D eigenvalue weighted by molar-refractivity contribution is 7.52. The molecule has 2 fully saturated rings. The van der Waals surface area contributed by atoms with Gasteiger partial charge in [0.15, 0.2) is 6.23 Å². The number of aromatic amines is 1. The highest BCUT2D eigenvalue weighted by Gasteiger charge is 2.62. The maximum Gasteiger partial charge on any atom is 0.459 e. The minimum Gasteiger partial charge on any atom is -0.465 e. The van der Waals surface area contributed by atoms with Crippen LogP contribution in [-0.2, 0) is 28.1 Å². The number of aromatic nitrogens is 2. The van der Waals surface area contributed by atoms with Crippen LogP contribution in [0, 0.1) is 0 Å². The SMILES string of the molecule is CCCCOC(=O)[C@H](C)N[P@@](=O)(OC[C@H]1O[C@@H](n2c(=O)cc[nH]c2=O)[C@@]2(CCO2)[C@@H]1O)Oc1ccccc1. The van der Waals surface area contributed by atoms with Gasteiger partial charge >= 0.3 is 19.4 Å². The molecule has 208 valence electrons. The number of H-pyrrole nitrogens is 1. The highest BCUT2D eigenvalue weighted by Crippen LogP contribution is 2.50. The van der Waals surface area contributed by atoms with E-state index in [0.29, 0.717) is 19.4 Å². The van der Waals surface area contributed by atoms with E-state index in [-0.39, 0.29) is 12.4 Å². The van der Waals surface area contributed by atoms with Gasteiger partial charge in [-0.3, -0.25) is 14.1 Å². The van der Waals surface area contributed by atoms with Crippen LogP contribution in [0.3, 0.4) is 0 Å². The lowest BCUT2D eigenvalue weighted by atomic mass is 9.86. The van der Waals surface area contributed by atoms with Gasteiger partial charge in [0.2, 0.25) is 0 Å². The third-order valence-electron chi connectivity index (χ3n) is 6.39. The molecule has 3 heterocycles. The predicted molar refractivity (Wildman–Crippen MR) is 134 cm³/mol. The lowest BCUT2D eigenvalue weighted by molar-refractivity contribution is -0.227. The van der Waals surface area contributed by atoms with Crippen molar-refractivity contribution in [3.63, 3.8) is 0 Å². The van der Waals surface area contributed by atoms with E-state index >= 15 is 0 Å². The third-order valence-corrected chi connectivity index (χ3v) is 8.03. The molecule has 14 heteroatoms. The number of ether oxygens (including phenoxy) is 3. The Hall–Kier alpha value is -2.80. The van der Waals surface area contributed by atoms with Crippen LogP contribution in [0.4, 0.5) is 0 Å². The van der Waals surface area contributed by atoms with Gasteiger partial charge in [0.05, 0.1) is 19.8 Å². The summed E-state index contributed by atoms with van der Waals surface area (Å²) in [6, 6.07) is 8.31. The maximum absolute atomic E-state index is 13.8. The quantitative estimate of drug-likeness (QED) is 0.198. The van der Waals surface area contributed by atoms with Crippen LogP contribution in [0.5, 0.6) is 5.75 Å². The second-order valence-electron chi connectivity index (χ2n) is 9.09. The van der Waals surface area contributed by atoms with Gasteiger partial charge in [-0.2, -0.15) is 5.09 Å². The summed E-state index contributed by atoms with van der Waals surface area (Å²) in [5, 5.41) is 13.6. The summed E-state index contributed by atoms with van der Waals surface area (Å²) in [5.41, 5.74) is -2.74. The number of nitrogens with zero attached hydrogens (tertiary/aromatic N) is 1. The first-order valence-electron chi connectivity index (χ1n) is 12.4. The Balaban J connectivity index is 1.52. The van der Waals surface area contributed by atoms with Crippen LogP contribution in [0.1, 0.15) is 39.3 Å². The zero-order valence-electron chi connectivity index (χ0n) is 21.1. The molecule has 1 aromatic carbocycles. The monoisotopic (exact) mass is 553 g/mol. The van der Waals surface area contributed by atoms with Crippen LogP contribution in [0.2, 0.25) is 0 Å². The van der Waals surface area contributed by atoms with E-state index in [9.17, 15) is 24.1 Å². The molecule has 0 radical (unpaired) electrons. The predicted octanol–water partition coefficient (Wildman–Crippen LogP) is 1.48. The second kappa shape index (κ2) is 11.9. The van der Waals surface area contributed by atoms with Gasteiger partial charge < -0.3 is 28.8 Å². The summed E-state index contributed by atoms with van der Waals surface area (Å²) in [4.78, 5) is 39.7. The van der Waals surface area contributed by atoms with Crippen LogP contribution in [0.15, 0.2) is 52.2 Å². The molecule has 2 aromatic rings. The van der Waals surface area contributed by atoms with E-state index in [4.69, 9.17) is 23.3 Å². The van der Waals surface area contributed by atoms with E-state index in [0.717, 1.165) is 17.1 Å². The van der Waals surface area contributed by atoms with Crippen molar-refractivity contribution in [1.29, 1.82) is 0 Å². The molecule has 2 aliphatic heterocycles. The van der Waals surface area contributed by atoms with Crippen LogP contribution < -0.4 is 20.9 Å². The molecule has 2 aliphatic rings. The number of unbranched alkanes of at least 4 members (excludes halogenated alkanes) is 1. The smallest absolute Gasteiger partial charge is 0.459 e. The minimum absolute atomic E-state index is 0.210. The molecule has 0 bridgehead atoms. The van der Waals surface area contributed by atoms with Crippen molar-refractivity contribution < 1.29 is 37.7 Å². The first-order valence-corrected chi connectivity index (χ1v) is 13.9. The van der Waals surface area contributed by atoms with Crippen LogP contribution in [0.25, 0.3) is 0 Å². The van der Waals surface area contributed by atoms with Gasteiger partial charge in [-0.15, -0.1) is 0 Å². The van der Waals surface area contributed by atoms with Gasteiger partial charge in [-0.05, 0) is 25.5 Å². The number of hydrogen-bond donors (Lipinski definition) is 3. The third kappa shape index (κ3) is 5.93. The average molecular weight is 554 g/mol. The van der Waals surface area contributed by atoms with Gasteiger partial charge in [0.1, 0.15) is 29.6 Å². The molecule has 2 saturated heterocycles. The number of hydrogen-bond acceptors (Lipinski definition) is 10. The molecule has 1 aromatic heterocycles. The number of carbonyl (C=O) groups excluding carboxylic acids is 1. The second-order valence-corrected chi connectivity index (χ2v) is 10.8. The zero-order chi connectivity index (χ0) is 27.3. The fraction of sp³-hybridized carbons (Fsp3) is 0.542. The average Bonchev–Trinajstić information content (AvgIpc) is 3.15. The summed E-state index contributed by atoms with van der Waals surface area (Å²) < 4.78 is 42.6. The van der Waals surface area contributed by atoms with E-state index in [2.05, 4.69) is 10.1 Å². The molecule has 38 heavy (non-hydrogen) atoms. The van der Waals surface area contributed by atoms with Crippen LogP contribution in [-0.4, -0.2) is 64.3 Å². The molecule has 0 unspecified atom stereocenters.